The van der Waals surface area contributed by atoms with E-state index in [1.807, 2.05) is 12.1 Å². The summed E-state index contributed by atoms with van der Waals surface area (Å²) in [6, 6.07) is 5.47. The van der Waals surface area contributed by atoms with E-state index in [4.69, 9.17) is 10.5 Å². The minimum Gasteiger partial charge on any atom is -0.494 e. The predicted octanol–water partition coefficient (Wildman–Crippen LogP) is 2.39. The zero-order chi connectivity index (χ0) is 18.8. The molecule has 140 valence electrons. The number of fused-ring (bicyclic) bond motifs is 3. The summed E-state index contributed by atoms with van der Waals surface area (Å²) in [6.07, 6.45) is -2.16. The molecule has 0 bridgehead atoms. The molecule has 0 saturated heterocycles. The molecule has 1 aromatic carbocycles. The minimum absolute atomic E-state index is 0.103. The van der Waals surface area contributed by atoms with E-state index in [-0.39, 0.29) is 25.6 Å². The van der Waals surface area contributed by atoms with Crippen molar-refractivity contribution in [3.8, 4) is 5.75 Å². The summed E-state index contributed by atoms with van der Waals surface area (Å²) in [5, 5.41) is 5.10. The van der Waals surface area contributed by atoms with Gasteiger partial charge in [-0.05, 0) is 26.0 Å². The Morgan fingerprint density at radius 3 is 2.50 bits per heavy atom. The molecule has 2 unspecified atom stereocenters. The first kappa shape index (κ1) is 18.2. The molecule has 7 nitrogen and oxygen atoms in total. The highest BCUT2D eigenvalue weighted by atomic mass is 19.1. The van der Waals surface area contributed by atoms with E-state index in [9.17, 15) is 8.78 Å². The van der Waals surface area contributed by atoms with Gasteiger partial charge in [0.05, 0.1) is 13.7 Å². The second-order valence-corrected chi connectivity index (χ2v) is 6.35. The Morgan fingerprint density at radius 2 is 1.88 bits per heavy atom. The molecule has 0 amide bonds. The van der Waals surface area contributed by atoms with Gasteiger partial charge in [-0.15, -0.1) is 5.10 Å². The topological polar surface area (TPSA) is 81.6 Å². The number of anilines is 1. The van der Waals surface area contributed by atoms with Crippen molar-refractivity contribution in [2.75, 3.05) is 25.9 Å². The summed E-state index contributed by atoms with van der Waals surface area (Å²) in [7, 11) is 1.56. The van der Waals surface area contributed by atoms with Gasteiger partial charge in [-0.3, -0.25) is 4.90 Å². The standard InChI is InChI=1S/C17H22F2N6O/c1-10(18)7-24(8-11(2)19)9-14-21-16-12-5-4-6-13(26-3)15(12)22-17(20)25(16)23-14/h4-6,10-11H,7-9H2,1-3H3,(H2,20,22). The third-order valence-corrected chi connectivity index (χ3v) is 3.94. The van der Waals surface area contributed by atoms with Crippen LogP contribution >= 0.6 is 0 Å². The summed E-state index contributed by atoms with van der Waals surface area (Å²) in [5.41, 5.74) is 7.13. The maximum Gasteiger partial charge on any atom is 0.223 e. The molecule has 2 atom stereocenters. The Kier molecular flexibility index (Phi) is 5.17. The first-order valence-corrected chi connectivity index (χ1v) is 8.37. The number of nitrogen functional groups attached to an aromatic ring is 1. The summed E-state index contributed by atoms with van der Waals surface area (Å²) in [6.45, 7) is 3.30. The van der Waals surface area contributed by atoms with Gasteiger partial charge in [-0.2, -0.15) is 4.52 Å². The zero-order valence-corrected chi connectivity index (χ0v) is 15.0. The van der Waals surface area contributed by atoms with E-state index >= 15 is 0 Å². The van der Waals surface area contributed by atoms with Gasteiger partial charge < -0.3 is 10.5 Å². The van der Waals surface area contributed by atoms with Gasteiger partial charge >= 0.3 is 0 Å². The lowest BCUT2D eigenvalue weighted by Gasteiger charge is -2.21. The van der Waals surface area contributed by atoms with Crippen LogP contribution in [0.2, 0.25) is 0 Å². The van der Waals surface area contributed by atoms with E-state index in [0.29, 0.717) is 22.7 Å². The molecule has 9 heteroatoms. The highest BCUT2D eigenvalue weighted by Crippen LogP contribution is 2.27. The predicted molar refractivity (Wildman–Crippen MR) is 95.7 cm³/mol. The van der Waals surface area contributed by atoms with E-state index in [1.165, 1.54) is 18.4 Å². The van der Waals surface area contributed by atoms with Crippen LogP contribution in [0.1, 0.15) is 19.7 Å². The fourth-order valence-electron chi connectivity index (χ4n) is 3.02. The van der Waals surface area contributed by atoms with Crippen molar-refractivity contribution in [3.05, 3.63) is 24.0 Å². The van der Waals surface area contributed by atoms with Crippen molar-refractivity contribution >= 4 is 22.5 Å². The van der Waals surface area contributed by atoms with Gasteiger partial charge in [-0.1, -0.05) is 6.07 Å². The summed E-state index contributed by atoms with van der Waals surface area (Å²) in [5.74, 6) is 1.18. The quantitative estimate of drug-likeness (QED) is 0.693. The molecule has 26 heavy (non-hydrogen) atoms. The van der Waals surface area contributed by atoms with Crippen LogP contribution in [-0.2, 0) is 6.54 Å². The number of benzene rings is 1. The lowest BCUT2D eigenvalue weighted by atomic mass is 10.2. The molecule has 0 aliphatic carbocycles. The number of hydrogen-bond acceptors (Lipinski definition) is 6. The molecule has 2 aromatic heterocycles. The fourth-order valence-corrected chi connectivity index (χ4v) is 3.02. The average molecular weight is 364 g/mol. The molecule has 0 saturated carbocycles. The molecule has 0 radical (unpaired) electrons. The number of halogens is 2. The summed E-state index contributed by atoms with van der Waals surface area (Å²) < 4.78 is 33.6. The lowest BCUT2D eigenvalue weighted by Crippen LogP contribution is -2.33. The Hall–Kier alpha value is -2.55. The van der Waals surface area contributed by atoms with Gasteiger partial charge in [0.15, 0.2) is 11.5 Å². The Labute approximate surface area is 149 Å². The molecule has 2 N–H and O–H groups in total. The molecule has 3 rings (SSSR count). The van der Waals surface area contributed by atoms with Crippen LogP contribution < -0.4 is 10.5 Å². The van der Waals surface area contributed by atoms with Crippen molar-refractivity contribution in [1.29, 1.82) is 0 Å². The number of methoxy groups -OCH3 is 1. The third-order valence-electron chi connectivity index (χ3n) is 3.94. The second kappa shape index (κ2) is 7.36. The van der Waals surface area contributed by atoms with Gasteiger partial charge in [0, 0.05) is 18.5 Å². The summed E-state index contributed by atoms with van der Waals surface area (Å²) in [4.78, 5) is 10.5. The number of ether oxygens (including phenoxy) is 1. The van der Waals surface area contributed by atoms with Crippen LogP contribution in [-0.4, -0.2) is 57.0 Å². The van der Waals surface area contributed by atoms with Crippen LogP contribution in [0.5, 0.6) is 5.75 Å². The Balaban J connectivity index is 2.02. The van der Waals surface area contributed by atoms with Crippen LogP contribution in [0, 0.1) is 0 Å². The average Bonchev–Trinajstić information content (AvgIpc) is 2.97. The van der Waals surface area contributed by atoms with Gasteiger partial charge in [0.1, 0.15) is 23.6 Å². The fraction of sp³-hybridized carbons (Fsp3) is 0.471. The van der Waals surface area contributed by atoms with Crippen molar-refractivity contribution in [2.45, 2.75) is 32.7 Å². The van der Waals surface area contributed by atoms with Crippen molar-refractivity contribution in [3.63, 3.8) is 0 Å². The highest BCUT2D eigenvalue weighted by molar-refractivity contribution is 5.95. The number of aromatic nitrogens is 4. The van der Waals surface area contributed by atoms with Crippen LogP contribution in [0.25, 0.3) is 16.6 Å². The first-order chi connectivity index (χ1) is 12.4. The van der Waals surface area contributed by atoms with E-state index in [1.54, 1.807) is 18.1 Å². The number of para-hydroxylation sites is 1. The first-order valence-electron chi connectivity index (χ1n) is 8.37. The van der Waals surface area contributed by atoms with E-state index < -0.39 is 12.3 Å². The monoisotopic (exact) mass is 364 g/mol. The maximum atomic E-state index is 13.4. The van der Waals surface area contributed by atoms with Gasteiger partial charge in [-0.25, -0.2) is 18.7 Å². The lowest BCUT2D eigenvalue weighted by molar-refractivity contribution is 0.153. The SMILES string of the molecule is COc1cccc2c1nc(N)n1nc(CN(CC(C)F)CC(C)F)nc21. The van der Waals surface area contributed by atoms with Crippen LogP contribution in [0.3, 0.4) is 0 Å². The third kappa shape index (κ3) is 3.67. The zero-order valence-electron chi connectivity index (χ0n) is 15.0. The number of rotatable bonds is 7. The maximum absolute atomic E-state index is 13.4. The van der Waals surface area contributed by atoms with E-state index in [2.05, 4.69) is 15.1 Å². The molecule has 3 aromatic rings. The summed E-state index contributed by atoms with van der Waals surface area (Å²) >= 11 is 0. The molecule has 0 spiro atoms. The number of alkyl halides is 2. The number of hydrogen-bond donors (Lipinski definition) is 1. The van der Waals surface area contributed by atoms with Crippen molar-refractivity contribution in [2.24, 2.45) is 0 Å². The van der Waals surface area contributed by atoms with Crippen molar-refractivity contribution < 1.29 is 13.5 Å². The van der Waals surface area contributed by atoms with Gasteiger partial charge in [0.25, 0.3) is 0 Å². The Bertz CT molecular complexity index is 901. The molecule has 0 aliphatic rings. The van der Waals surface area contributed by atoms with Gasteiger partial charge in [0.2, 0.25) is 5.95 Å². The Morgan fingerprint density at radius 1 is 1.19 bits per heavy atom. The number of nitrogens with zero attached hydrogens (tertiary/aromatic N) is 5. The van der Waals surface area contributed by atoms with Crippen LogP contribution in [0.15, 0.2) is 18.2 Å². The molecular formula is C17H22F2N6O. The van der Waals surface area contributed by atoms with Crippen LogP contribution in [0.4, 0.5) is 14.7 Å². The minimum atomic E-state index is -1.08. The van der Waals surface area contributed by atoms with E-state index in [0.717, 1.165) is 5.39 Å². The van der Waals surface area contributed by atoms with Crippen molar-refractivity contribution in [1.82, 2.24) is 24.5 Å². The molecular weight excluding hydrogens is 342 g/mol. The number of nitrogens with two attached hydrogens (primary N) is 1. The molecule has 0 aliphatic heterocycles. The highest BCUT2D eigenvalue weighted by Gasteiger charge is 2.18. The largest absolute Gasteiger partial charge is 0.494 e. The smallest absolute Gasteiger partial charge is 0.223 e. The normalized spacial score (nSPS) is 14.2. The molecule has 2 heterocycles. The second-order valence-electron chi connectivity index (χ2n) is 6.35. The molecule has 0 fully saturated rings.